The van der Waals surface area contributed by atoms with E-state index in [0.29, 0.717) is 18.0 Å². The summed E-state index contributed by atoms with van der Waals surface area (Å²) < 4.78 is 0. The minimum absolute atomic E-state index is 0.173. The molecule has 1 heterocycles. The van der Waals surface area contributed by atoms with Crippen LogP contribution in [0.5, 0.6) is 0 Å². The van der Waals surface area contributed by atoms with Crippen molar-refractivity contribution >= 4 is 0 Å². The Morgan fingerprint density at radius 3 is 2.54 bits per heavy atom. The summed E-state index contributed by atoms with van der Waals surface area (Å²) in [4.78, 5) is 0. The predicted octanol–water partition coefficient (Wildman–Crippen LogP) is 0.343. The lowest BCUT2D eigenvalue weighted by molar-refractivity contribution is 0.0835. The molecule has 0 spiro atoms. The lowest BCUT2D eigenvalue weighted by atomic mass is 9.92. The zero-order valence-electron chi connectivity index (χ0n) is 8.88. The first-order valence-corrected chi connectivity index (χ1v) is 5.30. The van der Waals surface area contributed by atoms with Gasteiger partial charge in [-0.05, 0) is 19.3 Å². The molecule has 1 aliphatic rings. The predicted molar refractivity (Wildman–Crippen MR) is 54.7 cm³/mol. The first kappa shape index (κ1) is 11.0. The van der Waals surface area contributed by atoms with Gasteiger partial charge in [-0.1, -0.05) is 13.8 Å². The molecule has 4 atom stereocenters. The van der Waals surface area contributed by atoms with Crippen LogP contribution >= 0.6 is 0 Å². The van der Waals surface area contributed by atoms with E-state index in [1.165, 1.54) is 0 Å². The summed E-state index contributed by atoms with van der Waals surface area (Å²) in [5.41, 5.74) is 0. The second-order valence-electron chi connectivity index (χ2n) is 4.16. The monoisotopic (exact) mass is 186 g/mol. The fourth-order valence-corrected chi connectivity index (χ4v) is 1.81. The lowest BCUT2D eigenvalue weighted by Crippen LogP contribution is -2.57. The van der Waals surface area contributed by atoms with Gasteiger partial charge < -0.3 is 15.7 Å². The van der Waals surface area contributed by atoms with Crippen molar-refractivity contribution in [3.05, 3.63) is 0 Å². The summed E-state index contributed by atoms with van der Waals surface area (Å²) in [6.07, 6.45) is 0.669. The number of aliphatic hydroxyl groups is 1. The van der Waals surface area contributed by atoms with Crippen LogP contribution in [0.3, 0.4) is 0 Å². The molecule has 1 aliphatic heterocycles. The Morgan fingerprint density at radius 2 is 2.08 bits per heavy atom. The molecule has 0 aromatic carbocycles. The van der Waals surface area contributed by atoms with Crippen LogP contribution in [0.2, 0.25) is 0 Å². The third-order valence-corrected chi connectivity index (χ3v) is 3.03. The van der Waals surface area contributed by atoms with Crippen LogP contribution in [0.4, 0.5) is 0 Å². The highest BCUT2D eigenvalue weighted by molar-refractivity contribution is 4.86. The number of rotatable bonds is 3. The Labute approximate surface area is 80.9 Å². The van der Waals surface area contributed by atoms with Crippen molar-refractivity contribution in [1.29, 1.82) is 0 Å². The van der Waals surface area contributed by atoms with Gasteiger partial charge in [-0.15, -0.1) is 0 Å². The van der Waals surface area contributed by atoms with Crippen molar-refractivity contribution in [1.82, 2.24) is 10.6 Å². The maximum atomic E-state index is 9.68. The van der Waals surface area contributed by atoms with Gasteiger partial charge in [0.2, 0.25) is 0 Å². The Hall–Kier alpha value is -0.120. The molecule has 1 fully saturated rings. The maximum Gasteiger partial charge on any atom is 0.0578 e. The second kappa shape index (κ2) is 4.94. The molecule has 0 aliphatic carbocycles. The van der Waals surface area contributed by atoms with Crippen LogP contribution in [0.25, 0.3) is 0 Å². The molecule has 4 unspecified atom stereocenters. The Kier molecular flexibility index (Phi) is 4.16. The van der Waals surface area contributed by atoms with E-state index in [-0.39, 0.29) is 6.10 Å². The van der Waals surface area contributed by atoms with Gasteiger partial charge in [0.15, 0.2) is 0 Å². The molecular formula is C10H22N2O. The van der Waals surface area contributed by atoms with Crippen LogP contribution in [0.15, 0.2) is 0 Å². The largest absolute Gasteiger partial charge is 0.393 e. The molecular weight excluding hydrogens is 164 g/mol. The molecule has 0 aromatic rings. The van der Waals surface area contributed by atoms with Crippen molar-refractivity contribution in [2.24, 2.45) is 5.92 Å². The minimum Gasteiger partial charge on any atom is -0.393 e. The summed E-state index contributed by atoms with van der Waals surface area (Å²) in [5, 5.41) is 16.6. The quantitative estimate of drug-likeness (QED) is 0.595. The standard InChI is InChI=1S/C10H22N2O/c1-4-10(13)8(3)9-6-11-7(2)5-12-9/h7-13H,4-6H2,1-3H3. The molecule has 0 amide bonds. The normalized spacial score (nSPS) is 34.2. The van der Waals surface area contributed by atoms with Crippen molar-refractivity contribution in [3.8, 4) is 0 Å². The summed E-state index contributed by atoms with van der Waals surface area (Å²) in [6, 6.07) is 0.980. The summed E-state index contributed by atoms with van der Waals surface area (Å²) in [6.45, 7) is 8.29. The molecule has 3 heteroatoms. The average Bonchev–Trinajstić information content (AvgIpc) is 2.17. The van der Waals surface area contributed by atoms with Gasteiger partial charge in [0.25, 0.3) is 0 Å². The van der Waals surface area contributed by atoms with E-state index < -0.39 is 0 Å². The van der Waals surface area contributed by atoms with Gasteiger partial charge in [-0.2, -0.15) is 0 Å². The van der Waals surface area contributed by atoms with Crippen molar-refractivity contribution < 1.29 is 5.11 Å². The van der Waals surface area contributed by atoms with E-state index in [4.69, 9.17) is 0 Å². The van der Waals surface area contributed by atoms with Crippen LogP contribution in [-0.4, -0.2) is 36.4 Å². The Morgan fingerprint density at radius 1 is 1.38 bits per heavy atom. The molecule has 3 nitrogen and oxygen atoms in total. The molecule has 0 bridgehead atoms. The van der Waals surface area contributed by atoms with Gasteiger partial charge >= 0.3 is 0 Å². The second-order valence-corrected chi connectivity index (χ2v) is 4.16. The fourth-order valence-electron chi connectivity index (χ4n) is 1.81. The zero-order valence-corrected chi connectivity index (χ0v) is 8.88. The molecule has 3 N–H and O–H groups in total. The first-order chi connectivity index (χ1) is 6.15. The van der Waals surface area contributed by atoms with Gasteiger partial charge in [0, 0.05) is 25.2 Å². The van der Waals surface area contributed by atoms with Gasteiger partial charge in [0.05, 0.1) is 6.10 Å². The van der Waals surface area contributed by atoms with Crippen LogP contribution in [-0.2, 0) is 0 Å². The number of hydrogen-bond donors (Lipinski definition) is 3. The van der Waals surface area contributed by atoms with E-state index in [9.17, 15) is 5.11 Å². The molecule has 0 aromatic heterocycles. The Balaban J connectivity index is 2.35. The van der Waals surface area contributed by atoms with Crippen molar-refractivity contribution in [2.45, 2.75) is 45.4 Å². The van der Waals surface area contributed by atoms with E-state index >= 15 is 0 Å². The molecule has 0 radical (unpaired) electrons. The first-order valence-electron chi connectivity index (χ1n) is 5.30. The van der Waals surface area contributed by atoms with Gasteiger partial charge in [-0.3, -0.25) is 0 Å². The van der Waals surface area contributed by atoms with E-state index in [1.54, 1.807) is 0 Å². The average molecular weight is 186 g/mol. The van der Waals surface area contributed by atoms with Crippen molar-refractivity contribution in [3.63, 3.8) is 0 Å². The zero-order chi connectivity index (χ0) is 9.84. The molecule has 1 rings (SSSR count). The minimum atomic E-state index is -0.173. The fraction of sp³-hybridized carbons (Fsp3) is 1.00. The summed E-state index contributed by atoms with van der Waals surface area (Å²) in [7, 11) is 0. The van der Waals surface area contributed by atoms with Gasteiger partial charge in [-0.25, -0.2) is 0 Å². The lowest BCUT2D eigenvalue weighted by Gasteiger charge is -2.34. The third kappa shape index (κ3) is 2.93. The highest BCUT2D eigenvalue weighted by Crippen LogP contribution is 2.13. The SMILES string of the molecule is CCC(O)C(C)C1CNC(C)CN1. The van der Waals surface area contributed by atoms with E-state index in [1.807, 2.05) is 6.92 Å². The highest BCUT2D eigenvalue weighted by Gasteiger charge is 2.25. The number of piperazine rings is 1. The highest BCUT2D eigenvalue weighted by atomic mass is 16.3. The van der Waals surface area contributed by atoms with Crippen LogP contribution < -0.4 is 10.6 Å². The maximum absolute atomic E-state index is 9.68. The van der Waals surface area contributed by atoms with Gasteiger partial charge in [0.1, 0.15) is 0 Å². The molecule has 0 saturated carbocycles. The van der Waals surface area contributed by atoms with E-state index in [2.05, 4.69) is 24.5 Å². The summed E-state index contributed by atoms with van der Waals surface area (Å²) >= 11 is 0. The Bertz CT molecular complexity index is 144. The van der Waals surface area contributed by atoms with Crippen LogP contribution in [0.1, 0.15) is 27.2 Å². The topological polar surface area (TPSA) is 44.3 Å². The van der Waals surface area contributed by atoms with Crippen LogP contribution in [0, 0.1) is 5.92 Å². The molecule has 78 valence electrons. The number of hydrogen-bond acceptors (Lipinski definition) is 3. The van der Waals surface area contributed by atoms with E-state index in [0.717, 1.165) is 19.5 Å². The van der Waals surface area contributed by atoms with Crippen molar-refractivity contribution in [2.75, 3.05) is 13.1 Å². The number of nitrogens with one attached hydrogen (secondary N) is 2. The molecule has 1 saturated heterocycles. The molecule has 13 heavy (non-hydrogen) atoms. The third-order valence-electron chi connectivity index (χ3n) is 3.03. The summed E-state index contributed by atoms with van der Waals surface area (Å²) in [5.74, 6) is 0.338. The smallest absolute Gasteiger partial charge is 0.0578 e. The number of aliphatic hydroxyl groups excluding tert-OH is 1.